The van der Waals surface area contributed by atoms with E-state index >= 15 is 0 Å². The normalized spacial score (nSPS) is 15.2. The molecule has 0 aliphatic carbocycles. The number of anilines is 2. The van der Waals surface area contributed by atoms with Crippen LogP contribution in [0.5, 0.6) is 0 Å². The van der Waals surface area contributed by atoms with Crippen LogP contribution in [0.2, 0.25) is 10.0 Å². The molecule has 7 nitrogen and oxygen atoms in total. The maximum Gasteiger partial charge on any atom is 0.516 e. The lowest BCUT2D eigenvalue weighted by molar-refractivity contribution is -0.0437. The number of hydrogen-bond acceptors (Lipinski definition) is 5. The van der Waals surface area contributed by atoms with Gasteiger partial charge in [0, 0.05) is 7.05 Å². The summed E-state index contributed by atoms with van der Waals surface area (Å²) in [4.78, 5) is -2.48. The lowest BCUT2D eigenvalue weighted by Gasteiger charge is -2.40. The number of hydrogen-bond donors (Lipinski definition) is 1. The second-order valence-electron chi connectivity index (χ2n) is 5.73. The van der Waals surface area contributed by atoms with Crippen LogP contribution in [0, 0.1) is 11.3 Å². The Hall–Kier alpha value is -2.16. The number of rotatable bonds is 4. The summed E-state index contributed by atoms with van der Waals surface area (Å²) in [5, 5.41) is 10.2. The average molecular weight is 540 g/mol. The van der Waals surface area contributed by atoms with Gasteiger partial charge >= 0.3 is 25.8 Å². The number of alkyl halides is 3. The van der Waals surface area contributed by atoms with Gasteiger partial charge in [0.1, 0.15) is 22.3 Å². The minimum Gasteiger partial charge on any atom is -0.382 e. The van der Waals surface area contributed by atoms with Gasteiger partial charge in [-0.2, -0.15) is 31.9 Å². The third kappa shape index (κ3) is 4.42. The van der Waals surface area contributed by atoms with E-state index in [4.69, 9.17) is 34.2 Å². The van der Waals surface area contributed by atoms with Crippen LogP contribution in [0.4, 0.5) is 44.1 Å². The molecule has 174 valence electrons. The predicted molar refractivity (Wildman–Crippen MR) is 97.5 cm³/mol. The van der Waals surface area contributed by atoms with E-state index in [1.807, 2.05) is 0 Å². The summed E-state index contributed by atoms with van der Waals surface area (Å²) < 4.78 is 127. The Balaban J connectivity index is 2.82. The van der Waals surface area contributed by atoms with Gasteiger partial charge in [-0.1, -0.05) is 42.6 Å². The zero-order chi connectivity index (χ0) is 24.4. The van der Waals surface area contributed by atoms with E-state index in [2.05, 4.69) is 5.10 Å². The first-order valence-corrected chi connectivity index (χ1v) is 11.2. The van der Waals surface area contributed by atoms with Gasteiger partial charge in [-0.3, -0.25) is 4.31 Å². The summed E-state index contributed by atoms with van der Waals surface area (Å²) in [6, 6.07) is 0.794. The second kappa shape index (κ2) is 6.43. The van der Waals surface area contributed by atoms with Gasteiger partial charge in [0.05, 0.1) is 10.0 Å². The summed E-state index contributed by atoms with van der Waals surface area (Å²) >= 11 is 11.2. The number of benzene rings is 1. The van der Waals surface area contributed by atoms with Gasteiger partial charge in [0.25, 0.3) is 0 Å². The quantitative estimate of drug-likeness (QED) is 0.511. The Bertz CT molecular complexity index is 1210. The van der Waals surface area contributed by atoms with Gasteiger partial charge in [-0.15, -0.1) is 0 Å². The highest BCUT2D eigenvalue weighted by molar-refractivity contribution is 8.45. The molecule has 19 heteroatoms. The molecule has 1 heterocycles. The van der Waals surface area contributed by atoms with Crippen LogP contribution in [0.3, 0.4) is 0 Å². The van der Waals surface area contributed by atoms with E-state index in [0.29, 0.717) is 7.05 Å². The molecule has 0 amide bonds. The Morgan fingerprint density at radius 3 is 1.97 bits per heavy atom. The molecule has 2 N–H and O–H groups in total. The third-order valence-corrected chi connectivity index (χ3v) is 6.81. The van der Waals surface area contributed by atoms with Crippen LogP contribution in [-0.2, 0) is 10.0 Å². The second-order valence-corrected chi connectivity index (χ2v) is 10.9. The van der Waals surface area contributed by atoms with Gasteiger partial charge in [-0.05, 0) is 12.1 Å². The molecular formula is C12H7Cl2F8N5O2S2. The topological polar surface area (TPSA) is 105 Å². The Labute approximate surface area is 178 Å². The number of halogens is 10. The van der Waals surface area contributed by atoms with Crippen LogP contribution in [0.15, 0.2) is 17.0 Å². The van der Waals surface area contributed by atoms with Crippen LogP contribution in [0.25, 0.3) is 5.69 Å². The van der Waals surface area contributed by atoms with Crippen LogP contribution in [-0.4, -0.2) is 30.8 Å². The minimum atomic E-state index is -10.2. The highest BCUT2D eigenvalue weighted by atomic mass is 35.5. The number of sulfonamides is 1. The molecule has 2 rings (SSSR count). The van der Waals surface area contributed by atoms with Gasteiger partial charge in [-0.25, -0.2) is 4.68 Å². The Morgan fingerprint density at radius 2 is 1.61 bits per heavy atom. The maximum atomic E-state index is 13.0. The number of nitrogens with zero attached hydrogens (tertiary/aromatic N) is 4. The van der Waals surface area contributed by atoms with E-state index < -0.39 is 67.9 Å². The maximum absolute atomic E-state index is 13.0. The molecule has 0 atom stereocenters. The fraction of sp³-hybridized carbons (Fsp3) is 0.167. The lowest BCUT2D eigenvalue weighted by Crippen LogP contribution is -2.38. The van der Waals surface area contributed by atoms with E-state index in [1.165, 1.54) is 6.07 Å². The van der Waals surface area contributed by atoms with Crippen LogP contribution >= 0.6 is 33.4 Å². The molecule has 0 bridgehead atoms. The fourth-order valence-corrected chi connectivity index (χ4v) is 4.41. The predicted octanol–water partition coefficient (Wildman–Crippen LogP) is 5.58. The summed E-state index contributed by atoms with van der Waals surface area (Å²) in [5.41, 5.74) is -3.21. The molecule has 0 aliphatic heterocycles. The van der Waals surface area contributed by atoms with Crippen molar-refractivity contribution in [3.8, 4) is 11.8 Å². The Kier molecular flexibility index (Phi) is 5.21. The van der Waals surface area contributed by atoms with Crippen molar-refractivity contribution >= 4 is 55.0 Å². The molecule has 0 fully saturated rings. The van der Waals surface area contributed by atoms with E-state index in [0.717, 1.165) is 0 Å². The van der Waals surface area contributed by atoms with Crippen molar-refractivity contribution in [2.75, 3.05) is 17.1 Å². The first-order valence-electron chi connectivity index (χ1n) is 7.10. The number of nitrogen functional groups attached to an aromatic ring is 1. The monoisotopic (exact) mass is 539 g/mol. The summed E-state index contributed by atoms with van der Waals surface area (Å²) in [6.45, 7) is 0. The molecule has 2 aromatic rings. The number of nitrogens with two attached hydrogens (primary N) is 1. The van der Waals surface area contributed by atoms with Crippen molar-refractivity contribution in [2.45, 2.75) is 10.4 Å². The summed E-state index contributed by atoms with van der Waals surface area (Å²) in [7, 11) is -15.9. The highest BCUT2D eigenvalue weighted by Crippen LogP contribution is 3.02. The van der Waals surface area contributed by atoms with Crippen molar-refractivity contribution < 1.29 is 41.0 Å². The molecule has 1 aromatic carbocycles. The van der Waals surface area contributed by atoms with Crippen LogP contribution < -0.4 is 10.0 Å². The van der Waals surface area contributed by atoms with Crippen LogP contribution in [0.1, 0.15) is 5.69 Å². The summed E-state index contributed by atoms with van der Waals surface area (Å²) in [5.74, 6) is -1.02. The molecule has 0 unspecified atom stereocenters. The zero-order valence-corrected chi connectivity index (χ0v) is 17.6. The van der Waals surface area contributed by atoms with E-state index in [1.54, 1.807) is 0 Å². The van der Waals surface area contributed by atoms with Gasteiger partial charge in [0.15, 0.2) is 11.5 Å². The fourth-order valence-electron chi connectivity index (χ4n) is 2.22. The summed E-state index contributed by atoms with van der Waals surface area (Å²) in [6.07, 6.45) is 0. The minimum absolute atomic E-state index is 0.229. The SMILES string of the molecule is CN(c1c(C#N)nn(-c2c(Cl)cc(S(F)(F)(F)(F)F)cc2Cl)c1N)S(=O)(=O)C(F)(F)F. The lowest BCUT2D eigenvalue weighted by atomic mass is 10.3. The van der Waals surface area contributed by atoms with Crippen molar-refractivity contribution in [1.29, 1.82) is 5.26 Å². The molecule has 0 aliphatic rings. The first-order chi connectivity index (χ1) is 13.5. The highest BCUT2D eigenvalue weighted by Gasteiger charge is 2.65. The van der Waals surface area contributed by atoms with Gasteiger partial charge in [0.2, 0.25) is 0 Å². The van der Waals surface area contributed by atoms with Crippen molar-refractivity contribution in [3.63, 3.8) is 0 Å². The molecule has 0 saturated heterocycles. The molecule has 0 saturated carbocycles. The van der Waals surface area contributed by atoms with Gasteiger partial charge < -0.3 is 5.73 Å². The first kappa shape index (κ1) is 25.1. The number of nitriles is 1. The van der Waals surface area contributed by atoms with E-state index in [-0.39, 0.29) is 16.8 Å². The largest absolute Gasteiger partial charge is 0.516 e. The smallest absolute Gasteiger partial charge is 0.382 e. The zero-order valence-electron chi connectivity index (χ0n) is 14.4. The molecular weight excluding hydrogens is 533 g/mol. The molecule has 0 spiro atoms. The van der Waals surface area contributed by atoms with Crippen molar-refractivity contribution in [3.05, 3.63) is 27.9 Å². The standard InChI is InChI=1S/C12H7Cl2F8N5O2S2/c1-26(30(28,29)12(15,16)17)10-8(4-23)25-27(11(10)24)9-6(13)2-5(3-7(9)14)31(18,19,20,21)22/h2-3H,24H2,1H3. The van der Waals surface area contributed by atoms with Crippen molar-refractivity contribution in [2.24, 2.45) is 0 Å². The molecule has 1 aromatic heterocycles. The average Bonchev–Trinajstić information content (AvgIpc) is 2.86. The third-order valence-electron chi connectivity index (χ3n) is 3.62. The molecule has 0 radical (unpaired) electrons. The Morgan fingerprint density at radius 1 is 1.16 bits per heavy atom. The van der Waals surface area contributed by atoms with Crippen molar-refractivity contribution in [1.82, 2.24) is 9.78 Å². The molecule has 31 heavy (non-hydrogen) atoms. The van der Waals surface area contributed by atoms with E-state index in [9.17, 15) is 41.0 Å². The number of aromatic nitrogens is 2.